The number of alkyl carbamates (subject to hydrolysis) is 1. The third-order valence-corrected chi connectivity index (χ3v) is 9.03. The Morgan fingerprint density at radius 1 is 1.08 bits per heavy atom. The van der Waals surface area contributed by atoms with Crippen LogP contribution in [0.5, 0.6) is 5.75 Å². The van der Waals surface area contributed by atoms with Gasteiger partial charge in [-0.25, -0.2) is 4.79 Å². The molecule has 266 valence electrons. The Kier molecular flexibility index (Phi) is 9.79. The summed E-state index contributed by atoms with van der Waals surface area (Å²) in [6.07, 6.45) is 7.12. The summed E-state index contributed by atoms with van der Waals surface area (Å²) in [5, 5.41) is 34.9. The molecule has 0 spiro atoms. The molecule has 18 nitrogen and oxygen atoms in total. The minimum absolute atomic E-state index is 0.0251. The number of hydrogen-bond donors (Lipinski definition) is 4. The van der Waals surface area contributed by atoms with E-state index in [-0.39, 0.29) is 24.8 Å². The number of aromatic amines is 1. The SMILES string of the molecule is COc1ccc(-c2nnn([C@@H]3C[C@H]4C(=O)N[C@]5(C(=O)Nc6nn[nH]n6)C[C@@H]5/C=C\CCCCC[C@H](NC(=O)OC(C)(C)C)C(=O)N4C3)n2)cc1. The molecule has 3 aliphatic rings. The molecule has 1 aromatic carbocycles. The van der Waals surface area contributed by atoms with Gasteiger partial charge < -0.3 is 25.0 Å². The lowest BCUT2D eigenvalue weighted by molar-refractivity contribution is -0.141. The van der Waals surface area contributed by atoms with Crippen LogP contribution in [-0.2, 0) is 19.1 Å². The Morgan fingerprint density at radius 3 is 2.60 bits per heavy atom. The number of nitrogens with one attached hydrogen (secondary N) is 4. The van der Waals surface area contributed by atoms with Crippen molar-refractivity contribution < 1.29 is 28.7 Å². The Labute approximate surface area is 288 Å². The highest BCUT2D eigenvalue weighted by molar-refractivity contribution is 6.03. The van der Waals surface area contributed by atoms with E-state index in [1.165, 1.54) is 9.70 Å². The zero-order valence-corrected chi connectivity index (χ0v) is 28.5. The monoisotopic (exact) mass is 690 g/mol. The average molecular weight is 691 g/mol. The van der Waals surface area contributed by atoms with E-state index in [0.29, 0.717) is 36.4 Å². The number of fused-ring (bicyclic) bond motifs is 2. The number of H-pyrrole nitrogens is 1. The molecule has 1 saturated carbocycles. The summed E-state index contributed by atoms with van der Waals surface area (Å²) >= 11 is 0. The topological polar surface area (TPSA) is 224 Å². The fraction of sp³-hybridized carbons (Fsp3) is 0.562. The number of allylic oxidation sites excluding steroid dienone is 1. The van der Waals surface area contributed by atoms with E-state index >= 15 is 0 Å². The van der Waals surface area contributed by atoms with Crippen LogP contribution in [0.2, 0.25) is 0 Å². The van der Waals surface area contributed by atoms with Gasteiger partial charge in [0.15, 0.2) is 0 Å². The Bertz CT molecular complexity index is 1720. The summed E-state index contributed by atoms with van der Waals surface area (Å²) in [6.45, 7) is 5.29. The van der Waals surface area contributed by atoms with E-state index in [2.05, 4.69) is 52.0 Å². The number of anilines is 1. The van der Waals surface area contributed by atoms with Crippen molar-refractivity contribution in [3.63, 3.8) is 0 Å². The molecule has 1 aliphatic carbocycles. The molecule has 18 heteroatoms. The molecule has 50 heavy (non-hydrogen) atoms. The van der Waals surface area contributed by atoms with Crippen LogP contribution in [0.4, 0.5) is 10.7 Å². The lowest BCUT2D eigenvalue weighted by Crippen LogP contribution is -2.57. The fourth-order valence-corrected chi connectivity index (χ4v) is 6.38. The van der Waals surface area contributed by atoms with Crippen LogP contribution in [-0.4, -0.2) is 106 Å². The molecule has 2 aliphatic heterocycles. The Hall–Kier alpha value is -5.42. The molecular formula is C32H42N12O6. The van der Waals surface area contributed by atoms with E-state index in [4.69, 9.17) is 9.47 Å². The van der Waals surface area contributed by atoms with Crippen LogP contribution >= 0.6 is 0 Å². The summed E-state index contributed by atoms with van der Waals surface area (Å²) in [7, 11) is 1.58. The third kappa shape index (κ3) is 7.73. The maximum Gasteiger partial charge on any atom is 0.408 e. The zero-order valence-electron chi connectivity index (χ0n) is 28.5. The van der Waals surface area contributed by atoms with Crippen molar-refractivity contribution in [1.29, 1.82) is 0 Å². The number of amides is 4. The molecule has 0 unspecified atom stereocenters. The summed E-state index contributed by atoms with van der Waals surface area (Å²) in [4.78, 5) is 58.0. The van der Waals surface area contributed by atoms with Gasteiger partial charge in [-0.15, -0.1) is 15.3 Å². The minimum atomic E-state index is -1.29. The first-order chi connectivity index (χ1) is 24.0. The molecule has 1 saturated heterocycles. The minimum Gasteiger partial charge on any atom is -0.497 e. The van der Waals surface area contributed by atoms with Crippen LogP contribution in [0.1, 0.15) is 71.8 Å². The van der Waals surface area contributed by atoms with Crippen molar-refractivity contribution >= 4 is 29.8 Å². The molecule has 3 aromatic rings. The lowest BCUT2D eigenvalue weighted by atomic mass is 10.0. The molecule has 4 N–H and O–H groups in total. The van der Waals surface area contributed by atoms with Gasteiger partial charge in [-0.2, -0.15) is 10.0 Å². The number of rotatable bonds is 6. The molecule has 4 heterocycles. The third-order valence-electron chi connectivity index (χ3n) is 9.03. The molecule has 6 rings (SSSR count). The number of aromatic nitrogens is 8. The smallest absolute Gasteiger partial charge is 0.408 e. The fourth-order valence-electron chi connectivity index (χ4n) is 6.38. The van der Waals surface area contributed by atoms with Gasteiger partial charge in [-0.3, -0.25) is 19.7 Å². The Balaban J connectivity index is 1.30. The standard InChI is InChI=1S/C32H42N12O6/c1-31(2,3)50-30(48)33-23-11-9-7-5-6-8-10-20-17-32(20,28(47)34-29-37-40-41-38-29)35-26(45)24-16-21(18-43(24)27(23)46)44-39-25(36-42-44)19-12-14-22(49-4)15-13-19/h8,10,12-15,20-21,23-24H,5-7,9,11,16-18H2,1-4H3,(H,33,48)(H,35,45)(H2,34,37,38,40,41,47)/b10-8-/t20-,21+,23-,24-,32+/m0/s1. The largest absolute Gasteiger partial charge is 0.497 e. The first-order valence-electron chi connectivity index (χ1n) is 16.7. The van der Waals surface area contributed by atoms with Crippen LogP contribution in [0.15, 0.2) is 36.4 Å². The summed E-state index contributed by atoms with van der Waals surface area (Å²) in [5.41, 5.74) is -1.36. The van der Waals surface area contributed by atoms with Crippen LogP contribution in [0.3, 0.4) is 0 Å². The second-order valence-corrected chi connectivity index (χ2v) is 13.8. The number of carbonyl (C=O) groups is 4. The van der Waals surface area contributed by atoms with Gasteiger partial charge in [0.25, 0.3) is 11.9 Å². The van der Waals surface area contributed by atoms with Crippen molar-refractivity contribution in [3.8, 4) is 17.1 Å². The highest BCUT2D eigenvalue weighted by atomic mass is 16.6. The van der Waals surface area contributed by atoms with Gasteiger partial charge >= 0.3 is 6.09 Å². The summed E-state index contributed by atoms with van der Waals surface area (Å²) in [6, 6.07) is 4.68. The number of hydrogen-bond acceptors (Lipinski definition) is 12. The van der Waals surface area contributed by atoms with E-state index < -0.39 is 53.1 Å². The number of ether oxygens (including phenoxy) is 2. The maximum absolute atomic E-state index is 14.4. The van der Waals surface area contributed by atoms with Gasteiger partial charge in [0, 0.05) is 24.4 Å². The normalized spacial score (nSPS) is 26.4. The molecule has 2 aromatic heterocycles. The van der Waals surface area contributed by atoms with Gasteiger partial charge in [-0.05, 0) is 81.1 Å². The highest BCUT2D eigenvalue weighted by Gasteiger charge is 2.61. The van der Waals surface area contributed by atoms with Crippen molar-refractivity contribution in [2.24, 2.45) is 5.92 Å². The predicted octanol–water partition coefficient (Wildman–Crippen LogP) is 1.93. The lowest BCUT2D eigenvalue weighted by Gasteiger charge is -2.30. The molecule has 2 fully saturated rings. The molecule has 4 amide bonds. The average Bonchev–Trinajstić information content (AvgIpc) is 3.56. The van der Waals surface area contributed by atoms with Gasteiger partial charge in [0.1, 0.15) is 29.0 Å². The molecule has 0 bridgehead atoms. The van der Waals surface area contributed by atoms with Crippen LogP contribution < -0.4 is 20.7 Å². The van der Waals surface area contributed by atoms with E-state index in [1.54, 1.807) is 40.0 Å². The van der Waals surface area contributed by atoms with Crippen molar-refractivity contribution in [3.05, 3.63) is 36.4 Å². The Morgan fingerprint density at radius 2 is 1.88 bits per heavy atom. The number of benzene rings is 1. The van der Waals surface area contributed by atoms with Crippen molar-refractivity contribution in [1.82, 2.24) is 56.4 Å². The predicted molar refractivity (Wildman–Crippen MR) is 176 cm³/mol. The molecule has 5 atom stereocenters. The van der Waals surface area contributed by atoms with E-state index in [0.717, 1.165) is 19.3 Å². The van der Waals surface area contributed by atoms with Crippen molar-refractivity contribution in [2.45, 2.75) is 95.0 Å². The van der Waals surface area contributed by atoms with Crippen LogP contribution in [0, 0.1) is 5.92 Å². The number of carbonyl (C=O) groups excluding carboxylic acids is 4. The first kappa shape index (κ1) is 34.4. The van der Waals surface area contributed by atoms with E-state index in [9.17, 15) is 19.2 Å². The number of tetrazole rings is 2. The van der Waals surface area contributed by atoms with E-state index in [1.807, 2.05) is 24.3 Å². The van der Waals surface area contributed by atoms with Gasteiger partial charge in [0.2, 0.25) is 17.6 Å². The first-order valence-corrected chi connectivity index (χ1v) is 16.7. The highest BCUT2D eigenvalue weighted by Crippen LogP contribution is 2.46. The number of methoxy groups -OCH3 is 1. The quantitative estimate of drug-likeness (QED) is 0.272. The summed E-state index contributed by atoms with van der Waals surface area (Å²) < 4.78 is 10.7. The van der Waals surface area contributed by atoms with Gasteiger partial charge in [0.05, 0.1) is 13.2 Å². The second kappa shape index (κ2) is 14.2. The second-order valence-electron chi connectivity index (χ2n) is 13.8. The summed E-state index contributed by atoms with van der Waals surface area (Å²) in [5.74, 6) is -0.732. The number of nitrogens with zero attached hydrogens (tertiary/aromatic N) is 8. The van der Waals surface area contributed by atoms with Gasteiger partial charge in [-0.1, -0.05) is 30.1 Å². The zero-order chi connectivity index (χ0) is 35.5. The van der Waals surface area contributed by atoms with Crippen molar-refractivity contribution in [2.75, 3.05) is 19.0 Å². The molecular weight excluding hydrogens is 648 g/mol. The maximum atomic E-state index is 14.4. The molecule has 0 radical (unpaired) electrons. The van der Waals surface area contributed by atoms with Crippen LogP contribution in [0.25, 0.3) is 11.4 Å².